The number of ketones is 7. The van der Waals surface area contributed by atoms with Crippen molar-refractivity contribution < 1.29 is 52.7 Å². The zero-order valence-corrected chi connectivity index (χ0v) is 63.4. The molecule has 7 heterocycles. The maximum absolute atomic E-state index is 12.5. The smallest absolute Gasteiger partial charge is 0.258 e. The van der Waals surface area contributed by atoms with Gasteiger partial charge in [0.25, 0.3) is 5.91 Å². The Morgan fingerprint density at radius 3 is 1.50 bits per heavy atom. The molecule has 1 N–H and O–H groups in total. The summed E-state index contributed by atoms with van der Waals surface area (Å²) in [5.41, 5.74) is 12.1. The largest absolute Gasteiger partial charge is 0.376 e. The molecule has 16 rings (SSSR count). The molecule has 0 bridgehead atoms. The third-order valence-electron chi connectivity index (χ3n) is 18.3. The molecule has 0 aromatic heterocycles. The van der Waals surface area contributed by atoms with Crippen molar-refractivity contribution in [2.45, 2.75) is 71.6 Å². The van der Waals surface area contributed by atoms with Crippen LogP contribution in [-0.4, -0.2) is 121 Å². The van der Waals surface area contributed by atoms with E-state index < -0.39 is 11.5 Å². The van der Waals surface area contributed by atoms with E-state index in [4.69, 9.17) is 58.0 Å². The van der Waals surface area contributed by atoms with Crippen LogP contribution in [0.5, 0.6) is 0 Å². The van der Waals surface area contributed by atoms with E-state index in [1.165, 1.54) is 35.5 Å². The van der Waals surface area contributed by atoms with Crippen molar-refractivity contribution in [3.8, 4) is 0 Å². The van der Waals surface area contributed by atoms with Crippen LogP contribution in [0.2, 0.25) is 20.1 Å². The number of carbonyl (C=O) groups is 11. The first-order valence-electron chi connectivity index (χ1n) is 33.0. The minimum Gasteiger partial charge on any atom is -0.376 e. The summed E-state index contributed by atoms with van der Waals surface area (Å²) in [6, 6.07) is 58.6. The fourth-order valence-corrected chi connectivity index (χ4v) is 14.5. The van der Waals surface area contributed by atoms with Gasteiger partial charge in [-0.3, -0.25) is 57.6 Å². The van der Waals surface area contributed by atoms with E-state index >= 15 is 0 Å². The number of carbonyl (C=O) groups excluding carboxylic acids is 11. The topological polar surface area (TPSA) is 219 Å². The number of halogens is 6. The molecular formula is C81H69BrCl5N7O11. The third kappa shape index (κ3) is 16.2. The lowest BCUT2D eigenvalue weighted by atomic mass is 10.0. The summed E-state index contributed by atoms with van der Waals surface area (Å²) >= 11 is 32.6. The van der Waals surface area contributed by atoms with Crippen LogP contribution >= 0.6 is 73.9 Å². The van der Waals surface area contributed by atoms with Crippen LogP contribution in [0.15, 0.2) is 199 Å². The fourth-order valence-electron chi connectivity index (χ4n) is 12.9. The highest BCUT2D eigenvalue weighted by atomic mass is 79.9. The van der Waals surface area contributed by atoms with Crippen molar-refractivity contribution in [3.05, 3.63) is 274 Å². The number of Topliss-reactive ketones (excluding diaryl/α,β-unsaturated/α-hetero) is 7. The van der Waals surface area contributed by atoms with E-state index in [2.05, 4.69) is 21.2 Å². The Bertz CT molecular complexity index is 5000. The Balaban J connectivity index is 0.000000132. The Morgan fingerprint density at radius 1 is 0.448 bits per heavy atom. The van der Waals surface area contributed by atoms with E-state index in [0.29, 0.717) is 56.9 Å². The van der Waals surface area contributed by atoms with Crippen molar-refractivity contribution in [2.75, 3.05) is 68.4 Å². The summed E-state index contributed by atoms with van der Waals surface area (Å²) < 4.78 is 0.872. The number of para-hydroxylation sites is 4. The van der Waals surface area contributed by atoms with Gasteiger partial charge < -0.3 is 29.8 Å². The maximum Gasteiger partial charge on any atom is 0.258 e. The van der Waals surface area contributed by atoms with E-state index in [9.17, 15) is 52.7 Å². The summed E-state index contributed by atoms with van der Waals surface area (Å²) in [7, 11) is 3.78. The molecule has 0 fully saturated rings. The van der Waals surface area contributed by atoms with Crippen molar-refractivity contribution in [3.63, 3.8) is 0 Å². The Labute approximate surface area is 640 Å². The second kappa shape index (κ2) is 33.3. The molecule has 0 aliphatic carbocycles. The van der Waals surface area contributed by atoms with Crippen LogP contribution in [0.1, 0.15) is 129 Å². The summed E-state index contributed by atoms with van der Waals surface area (Å²) in [6.45, 7) is 10.6. The lowest BCUT2D eigenvalue weighted by Crippen LogP contribution is -2.40. The summed E-state index contributed by atoms with van der Waals surface area (Å²) in [5, 5.41) is 3.50. The lowest BCUT2D eigenvalue weighted by molar-refractivity contribution is -0.117. The van der Waals surface area contributed by atoms with Gasteiger partial charge in [-0.05, 0) is 117 Å². The van der Waals surface area contributed by atoms with Gasteiger partial charge in [-0.25, -0.2) is 0 Å². The fraction of sp³-hybridized carbons (Fsp3) is 0.198. The van der Waals surface area contributed by atoms with Crippen molar-refractivity contribution in [2.24, 2.45) is 0 Å². The zero-order valence-electron chi connectivity index (χ0n) is 58.1. The number of hydrogen-bond donors (Lipinski definition) is 1. The average Bonchev–Trinajstić information content (AvgIpc) is 1.56. The number of aryl methyl sites for hydroxylation is 1. The first kappa shape index (κ1) is 77.5. The predicted octanol–water partition coefficient (Wildman–Crippen LogP) is 16.8. The SMILES string of the molecule is CC(=O)N1CC(=O)c2ccc(Br)cc21.CC(=O)N1c2ccccc2C(=O)C1C.CC(=O)N1c2ccccc2C(=O)C1Cc1ccccc1.CN1c2ccccc2C(=O)C1Cl.Cc1ccc2c(c1)C(=O)C(C)N2C.O=C1CN(C(=O)c2ccccc2)c2ccccc21.O=C1CNc2c(Cl)c(Cl)c(Cl)c(Cl)c21. The van der Waals surface area contributed by atoms with Gasteiger partial charge in [-0.2, -0.15) is 0 Å². The molecule has 0 spiro atoms. The number of anilines is 7. The number of alkyl halides is 1. The number of amides is 4. The minimum atomic E-state index is -0.526. The Morgan fingerprint density at radius 2 is 0.924 bits per heavy atom. The molecule has 536 valence electrons. The van der Waals surface area contributed by atoms with Crippen LogP contribution < -0.4 is 34.7 Å². The van der Waals surface area contributed by atoms with E-state index in [1.807, 2.05) is 160 Å². The van der Waals surface area contributed by atoms with E-state index in [0.717, 1.165) is 49.5 Å². The van der Waals surface area contributed by atoms with Crippen LogP contribution in [0, 0.1) is 6.92 Å². The highest BCUT2D eigenvalue weighted by Gasteiger charge is 2.41. The number of likely N-dealkylation sites (N-methyl/N-ethyl adjacent to an activating group) is 2. The Hall–Kier alpha value is -10.1. The van der Waals surface area contributed by atoms with Crippen LogP contribution in [0.25, 0.3) is 0 Å². The van der Waals surface area contributed by atoms with Gasteiger partial charge in [0.15, 0.2) is 40.2 Å². The monoisotopic (exact) mass is 1570 g/mol. The van der Waals surface area contributed by atoms with Crippen LogP contribution in [0.4, 0.5) is 39.8 Å². The molecule has 4 unspecified atom stereocenters. The van der Waals surface area contributed by atoms with Gasteiger partial charge in [0.05, 0.1) is 85.8 Å². The molecule has 4 atom stereocenters. The number of nitrogens with one attached hydrogen (secondary N) is 1. The molecule has 9 aromatic carbocycles. The predicted molar refractivity (Wildman–Crippen MR) is 418 cm³/mol. The molecule has 4 amide bonds. The first-order valence-corrected chi connectivity index (χ1v) is 35.8. The number of fused-ring (bicyclic) bond motifs is 7. The van der Waals surface area contributed by atoms with Gasteiger partial charge in [0.1, 0.15) is 6.04 Å². The van der Waals surface area contributed by atoms with Gasteiger partial charge >= 0.3 is 0 Å². The summed E-state index contributed by atoms with van der Waals surface area (Å²) in [6.07, 6.45) is 0.550. The highest BCUT2D eigenvalue weighted by molar-refractivity contribution is 9.10. The number of rotatable bonds is 3. The van der Waals surface area contributed by atoms with Gasteiger partial charge in [0.2, 0.25) is 23.5 Å². The molecule has 105 heavy (non-hydrogen) atoms. The number of hydrogen-bond acceptors (Lipinski definition) is 14. The maximum atomic E-state index is 12.5. The summed E-state index contributed by atoms with van der Waals surface area (Å²) in [4.78, 5) is 139. The molecule has 7 aliphatic rings. The Kier molecular flexibility index (Phi) is 24.6. The molecule has 0 saturated heterocycles. The van der Waals surface area contributed by atoms with E-state index in [-0.39, 0.29) is 116 Å². The first-order chi connectivity index (χ1) is 50.0. The van der Waals surface area contributed by atoms with Crippen LogP contribution in [0.3, 0.4) is 0 Å². The minimum absolute atomic E-state index is 0.00250. The molecular weight excluding hydrogens is 1500 g/mol. The van der Waals surface area contributed by atoms with Crippen molar-refractivity contribution in [1.29, 1.82) is 0 Å². The third-order valence-corrected chi connectivity index (χ3v) is 21.1. The van der Waals surface area contributed by atoms with E-state index in [1.54, 1.807) is 83.5 Å². The van der Waals surface area contributed by atoms with Gasteiger partial charge in [-0.1, -0.05) is 183 Å². The zero-order chi connectivity index (χ0) is 76.0. The molecule has 9 aromatic rings. The second-order valence-electron chi connectivity index (χ2n) is 25.1. The molecule has 7 aliphatic heterocycles. The molecule has 0 saturated carbocycles. The summed E-state index contributed by atoms with van der Waals surface area (Å²) in [5.74, 6) is -0.265. The highest BCUT2D eigenvalue weighted by Crippen LogP contribution is 2.46. The quantitative estimate of drug-likeness (QED) is 0.0753. The molecule has 18 nitrogen and oxygen atoms in total. The number of benzene rings is 9. The van der Waals surface area contributed by atoms with Crippen LogP contribution in [-0.2, 0) is 20.8 Å². The lowest BCUT2D eigenvalue weighted by Gasteiger charge is -2.22. The van der Waals surface area contributed by atoms with Gasteiger partial charge in [0, 0.05) is 96.1 Å². The van der Waals surface area contributed by atoms with Crippen molar-refractivity contribution >= 4 is 178 Å². The standard InChI is InChI=1S/C17H15NO2.C15H11NO2.C11H11NO2.C11H13NO.C10H8BrNO2.C9H8ClNO.C8H3Cl4NO/c1-12(19)18-15-10-6-5-9-14(15)17(20)16(18)11-13-7-3-2-4-8-13;17-14-10-16(13-9-5-4-8-12(13)14)15(18)11-6-2-1-3-7-11;1-7-11(14)9-5-3-4-6-10(9)12(7)8(2)13;1-7-4-5-10-9(6-7)11(13)8(2)12(10)3;1-6(13)12-5-10(14)8-3-2-7(11)4-9(8)12;1-11-7-5-3-2-4-6(7)8(12)9(11)10;9-4-3-2(14)1-13-8(3)7(12)6(11)5(4)10/h2-10,16H,11H2,1H3;1-9H,10H2;3-7H,1-2H3;4-6,8H,1-3H3;2-4H,5H2,1H3;2-5,9H,1H3;13H,1H2. The second-order valence-corrected chi connectivity index (χ2v) is 27.9. The normalized spacial score (nSPS) is 17.0. The number of nitrogens with zero attached hydrogens (tertiary/aromatic N) is 6. The average molecular weight is 1570 g/mol. The van der Waals surface area contributed by atoms with Gasteiger partial charge in [-0.15, -0.1) is 0 Å². The van der Waals surface area contributed by atoms with Crippen molar-refractivity contribution in [1.82, 2.24) is 0 Å². The molecule has 0 radical (unpaired) electrons. The molecule has 24 heteroatoms.